The van der Waals surface area contributed by atoms with E-state index in [1.54, 1.807) is 13.1 Å². The zero-order valence-electron chi connectivity index (χ0n) is 21.6. The van der Waals surface area contributed by atoms with Crippen molar-refractivity contribution in [2.45, 2.75) is 42.9 Å². The molecule has 2 aliphatic rings. The van der Waals surface area contributed by atoms with Crippen LogP contribution in [0, 0.1) is 6.92 Å². The molecular formula is C22H25N9O7S3. The number of anilines is 2. The molecule has 0 spiro atoms. The van der Waals surface area contributed by atoms with Crippen LogP contribution in [0.15, 0.2) is 33.2 Å². The molecule has 2 amide bonds. The van der Waals surface area contributed by atoms with Gasteiger partial charge in [-0.25, -0.2) is 4.98 Å². The average Bonchev–Trinajstić information content (AvgIpc) is 3.33. The number of nitrogens with zero attached hydrogens (tertiary/aromatic N) is 5. The van der Waals surface area contributed by atoms with Crippen LogP contribution in [0.5, 0.6) is 0 Å². The van der Waals surface area contributed by atoms with Crippen LogP contribution in [-0.4, -0.2) is 78.5 Å². The van der Waals surface area contributed by atoms with Gasteiger partial charge in [0.2, 0.25) is 5.82 Å². The quantitative estimate of drug-likeness (QED) is 0.0338. The van der Waals surface area contributed by atoms with Gasteiger partial charge in [-0.3, -0.25) is 25.1 Å². The van der Waals surface area contributed by atoms with Crippen molar-refractivity contribution in [3.63, 3.8) is 0 Å². The third kappa shape index (κ3) is 6.46. The Morgan fingerprint density at radius 3 is 2.76 bits per heavy atom. The molecule has 19 heteroatoms. The van der Waals surface area contributed by atoms with Gasteiger partial charge in [0.25, 0.3) is 11.8 Å². The zero-order valence-corrected chi connectivity index (χ0v) is 24.0. The Morgan fingerprint density at radius 1 is 1.39 bits per heavy atom. The summed E-state index contributed by atoms with van der Waals surface area (Å²) >= 11 is 3.44. The molecule has 218 valence electrons. The Balaban J connectivity index is 1.50. The number of carboxylic acids is 2. The third-order valence-corrected chi connectivity index (χ3v) is 8.91. The zero-order chi connectivity index (χ0) is 30.0. The maximum absolute atomic E-state index is 13.2. The molecule has 1 fully saturated rings. The molecule has 1 saturated heterocycles. The van der Waals surface area contributed by atoms with Crippen LogP contribution in [-0.2, 0) is 24.0 Å². The SMILES string of the molecule is Cc1c[n+](N)c(SCC2=C(C(=O)[O-])N3C(=O)C(NC(=O)/C(=N\OC(C)CC(=O)O)c4csc(N)n4)[C@H]3SC2)nc1N. The molecule has 0 aromatic carbocycles. The highest BCUT2D eigenvalue weighted by Crippen LogP contribution is 2.41. The molecule has 41 heavy (non-hydrogen) atoms. The number of oxime groups is 1. The predicted octanol–water partition coefficient (Wildman–Crippen LogP) is -2.21. The van der Waals surface area contributed by atoms with Gasteiger partial charge in [-0.1, -0.05) is 5.16 Å². The minimum atomic E-state index is -1.54. The second-order valence-electron chi connectivity index (χ2n) is 8.91. The van der Waals surface area contributed by atoms with E-state index in [0.717, 1.165) is 28.0 Å². The molecule has 16 nitrogen and oxygen atoms in total. The molecule has 3 atom stereocenters. The number of aliphatic carboxylic acids is 2. The summed E-state index contributed by atoms with van der Waals surface area (Å²) in [6.45, 7) is 3.20. The number of nitrogens with two attached hydrogens (primary N) is 3. The molecule has 0 saturated carbocycles. The molecule has 2 aromatic rings. The Bertz CT molecular complexity index is 1480. The lowest BCUT2D eigenvalue weighted by Gasteiger charge is -2.50. The standard InChI is InChI=1S/C22H25N9O7S3/c1-8-4-30(25)22(28-16(8)23)41-6-10-5-39-19-14(18(35)31(19)15(10)20(36)37)27-17(34)13(11-7-40-21(24)26-11)29-38-9(2)3-12(32)33/h4,7,9,14,19,23H,3,5-6,25H2,1-2H3,(H5,24,26,27,32,33,34,36,37)/b29-13-/t9?,14?,19-/m1/s1. The first-order valence-corrected chi connectivity index (χ1v) is 14.7. The van der Waals surface area contributed by atoms with Crippen molar-refractivity contribution in [3.8, 4) is 0 Å². The Morgan fingerprint density at radius 2 is 2.12 bits per heavy atom. The molecule has 8 N–H and O–H groups in total. The number of carbonyl (C=O) groups excluding carboxylic acids is 3. The van der Waals surface area contributed by atoms with Crippen LogP contribution in [0.4, 0.5) is 10.9 Å². The maximum Gasteiger partial charge on any atom is 0.384 e. The molecule has 2 unspecified atom stereocenters. The lowest BCUT2D eigenvalue weighted by atomic mass is 10.0. The van der Waals surface area contributed by atoms with Crippen molar-refractivity contribution in [2.75, 3.05) is 28.8 Å². The van der Waals surface area contributed by atoms with Crippen molar-refractivity contribution in [1.82, 2.24) is 20.2 Å². The van der Waals surface area contributed by atoms with Crippen molar-refractivity contribution < 1.29 is 38.9 Å². The van der Waals surface area contributed by atoms with Crippen LogP contribution in [0.1, 0.15) is 24.6 Å². The van der Waals surface area contributed by atoms with Gasteiger partial charge in [0.05, 0.1) is 23.7 Å². The number of amides is 2. The average molecular weight is 624 g/mol. The van der Waals surface area contributed by atoms with Gasteiger partial charge in [0, 0.05) is 16.9 Å². The van der Waals surface area contributed by atoms with E-state index in [2.05, 4.69) is 20.4 Å². The van der Waals surface area contributed by atoms with E-state index in [9.17, 15) is 24.3 Å². The number of thioether (sulfide) groups is 2. The maximum atomic E-state index is 13.2. The first-order chi connectivity index (χ1) is 19.4. The van der Waals surface area contributed by atoms with Gasteiger partial charge in [0.1, 0.15) is 29.4 Å². The number of fused-ring (bicyclic) bond motifs is 1. The van der Waals surface area contributed by atoms with Crippen molar-refractivity contribution in [1.29, 1.82) is 0 Å². The topological polar surface area (TPSA) is 256 Å². The largest absolute Gasteiger partial charge is 0.543 e. The molecule has 4 heterocycles. The molecular weight excluding hydrogens is 598 g/mol. The fraction of sp³-hybridized carbons (Fsp3) is 0.364. The number of hydrogen-bond acceptors (Lipinski definition) is 15. The van der Waals surface area contributed by atoms with Gasteiger partial charge in [-0.2, -0.15) is 0 Å². The molecule has 2 aromatic heterocycles. The molecule has 0 radical (unpaired) electrons. The van der Waals surface area contributed by atoms with Crippen LogP contribution >= 0.6 is 34.9 Å². The Labute approximate surface area is 245 Å². The summed E-state index contributed by atoms with van der Waals surface area (Å²) in [7, 11) is 0. The Kier molecular flexibility index (Phi) is 8.88. The van der Waals surface area contributed by atoms with E-state index in [1.165, 1.54) is 28.7 Å². The smallest absolute Gasteiger partial charge is 0.384 e. The van der Waals surface area contributed by atoms with E-state index in [0.29, 0.717) is 16.3 Å². The first-order valence-electron chi connectivity index (χ1n) is 11.8. The molecule has 0 aliphatic carbocycles. The van der Waals surface area contributed by atoms with E-state index in [-0.39, 0.29) is 46.0 Å². The van der Waals surface area contributed by atoms with Gasteiger partial charge >= 0.3 is 11.1 Å². The summed E-state index contributed by atoms with van der Waals surface area (Å²) in [4.78, 5) is 63.8. The minimum absolute atomic E-state index is 0.0598. The van der Waals surface area contributed by atoms with E-state index in [1.807, 2.05) is 0 Å². The minimum Gasteiger partial charge on any atom is -0.543 e. The normalized spacial score (nSPS) is 19.3. The number of carbonyl (C=O) groups is 4. The van der Waals surface area contributed by atoms with Gasteiger partial charge < -0.3 is 36.6 Å². The third-order valence-electron chi connectivity index (χ3n) is 5.84. The monoisotopic (exact) mass is 623 g/mol. The second kappa shape index (κ2) is 12.2. The lowest BCUT2D eigenvalue weighted by molar-refractivity contribution is -0.682. The number of aromatic nitrogens is 3. The second-order valence-corrected chi connectivity index (χ2v) is 11.9. The number of thiazole rings is 1. The highest BCUT2D eigenvalue weighted by molar-refractivity contribution is 8.01. The lowest BCUT2D eigenvalue weighted by Crippen LogP contribution is -2.71. The highest BCUT2D eigenvalue weighted by atomic mass is 32.2. The van der Waals surface area contributed by atoms with Crippen LogP contribution < -0.4 is 32.4 Å². The summed E-state index contributed by atoms with van der Waals surface area (Å²) in [5.41, 5.74) is 12.1. The van der Waals surface area contributed by atoms with Crippen LogP contribution in [0.25, 0.3) is 0 Å². The Hall–Kier alpha value is -4.10. The number of nitrogen functional groups attached to an aromatic ring is 3. The highest BCUT2D eigenvalue weighted by Gasteiger charge is 2.53. The molecule has 0 bridgehead atoms. The summed E-state index contributed by atoms with van der Waals surface area (Å²) < 4.78 is 1.27. The number of hydrogen-bond donors (Lipinski definition) is 5. The van der Waals surface area contributed by atoms with E-state index in [4.69, 9.17) is 27.3 Å². The van der Waals surface area contributed by atoms with Crippen molar-refractivity contribution >= 4 is 75.3 Å². The number of rotatable bonds is 11. The number of carboxylic acid groups (broad SMARTS) is 2. The van der Waals surface area contributed by atoms with E-state index < -0.39 is 41.3 Å². The predicted molar refractivity (Wildman–Crippen MR) is 147 cm³/mol. The number of nitrogens with one attached hydrogen (secondary N) is 1. The summed E-state index contributed by atoms with van der Waals surface area (Å²) in [6, 6.07) is -1.08. The van der Waals surface area contributed by atoms with Crippen LogP contribution in [0.2, 0.25) is 0 Å². The number of aryl methyl sites for hydroxylation is 1. The fourth-order valence-electron chi connectivity index (χ4n) is 3.86. The van der Waals surface area contributed by atoms with Gasteiger partial charge in [-0.05, 0) is 36.2 Å². The van der Waals surface area contributed by atoms with Crippen molar-refractivity contribution in [3.05, 3.63) is 34.1 Å². The summed E-state index contributed by atoms with van der Waals surface area (Å²) in [5.74, 6) is 2.42. The fourth-order valence-corrected chi connectivity index (χ4v) is 6.79. The van der Waals surface area contributed by atoms with E-state index >= 15 is 0 Å². The van der Waals surface area contributed by atoms with Crippen molar-refractivity contribution in [2.24, 2.45) is 5.16 Å². The molecule has 4 rings (SSSR count). The van der Waals surface area contributed by atoms with Gasteiger partial charge in [0.15, 0.2) is 10.8 Å². The number of β-lactam (4-membered cyclic amide) rings is 1. The summed E-state index contributed by atoms with van der Waals surface area (Å²) in [6.07, 6.45) is 0.351. The first kappa shape index (κ1) is 29.9. The van der Waals surface area contributed by atoms with Gasteiger partial charge in [-0.15, -0.1) is 27.8 Å². The summed E-state index contributed by atoms with van der Waals surface area (Å²) in [5, 5.41) is 28.6. The molecule has 2 aliphatic heterocycles. The van der Waals surface area contributed by atoms with Crippen LogP contribution in [0.3, 0.4) is 0 Å².